The fourth-order valence-electron chi connectivity index (χ4n) is 2.62. The number of para-hydroxylation sites is 1. The van der Waals surface area contributed by atoms with Crippen molar-refractivity contribution in [3.05, 3.63) is 54.5 Å². The summed E-state index contributed by atoms with van der Waals surface area (Å²) in [7, 11) is 0. The second kappa shape index (κ2) is 6.42. The van der Waals surface area contributed by atoms with Gasteiger partial charge in [0, 0.05) is 5.69 Å². The molecule has 1 aromatic carbocycles. The average molecular weight is 268 g/mol. The van der Waals surface area contributed by atoms with E-state index in [4.69, 9.17) is 9.41 Å². The first kappa shape index (κ1) is 13.0. The zero-order chi connectivity index (χ0) is 13.6. The highest BCUT2D eigenvalue weighted by Gasteiger charge is 2.15. The molecule has 0 saturated heterocycles. The van der Waals surface area contributed by atoms with Crippen LogP contribution in [-0.4, -0.2) is 11.9 Å². The van der Waals surface area contributed by atoms with E-state index in [1.807, 2.05) is 42.5 Å². The van der Waals surface area contributed by atoms with E-state index < -0.39 is 0 Å². The highest BCUT2D eigenvalue weighted by molar-refractivity contribution is 6.06. The van der Waals surface area contributed by atoms with Crippen LogP contribution >= 0.6 is 0 Å². The van der Waals surface area contributed by atoms with Crippen molar-refractivity contribution in [3.8, 4) is 0 Å². The lowest BCUT2D eigenvalue weighted by Gasteiger charge is -2.19. The molecule has 1 heterocycles. The fraction of sp³-hybridized carbons (Fsp3) is 0.353. The van der Waals surface area contributed by atoms with Gasteiger partial charge in [0.1, 0.15) is 0 Å². The molecule has 2 aromatic rings. The van der Waals surface area contributed by atoms with Gasteiger partial charge >= 0.3 is 0 Å². The molecule has 3 rings (SSSR count). The van der Waals surface area contributed by atoms with E-state index in [1.54, 1.807) is 6.26 Å². The number of amidine groups is 1. The van der Waals surface area contributed by atoms with Crippen molar-refractivity contribution in [1.29, 1.82) is 0 Å². The third-order valence-corrected chi connectivity index (χ3v) is 3.68. The third-order valence-electron chi connectivity index (χ3n) is 3.68. The number of furan rings is 1. The molecule has 0 aliphatic heterocycles. The van der Waals surface area contributed by atoms with E-state index in [0.717, 1.165) is 17.3 Å². The molecule has 1 N–H and O–H groups in total. The molecule has 1 fully saturated rings. The van der Waals surface area contributed by atoms with Crippen molar-refractivity contribution in [1.82, 2.24) is 0 Å². The predicted molar refractivity (Wildman–Crippen MR) is 82.2 cm³/mol. The van der Waals surface area contributed by atoms with Gasteiger partial charge in [-0.2, -0.15) is 0 Å². The molecule has 3 heteroatoms. The Hall–Kier alpha value is -2.03. The number of hydrogen-bond acceptors (Lipinski definition) is 2. The maximum atomic E-state index is 5.52. The zero-order valence-electron chi connectivity index (χ0n) is 11.6. The summed E-state index contributed by atoms with van der Waals surface area (Å²) < 4.78 is 5.52. The van der Waals surface area contributed by atoms with Crippen molar-refractivity contribution in [2.75, 3.05) is 5.32 Å². The first-order valence-corrected chi connectivity index (χ1v) is 7.35. The molecule has 0 amide bonds. The van der Waals surface area contributed by atoms with Crippen molar-refractivity contribution >= 4 is 11.5 Å². The Kier molecular flexibility index (Phi) is 4.16. The minimum absolute atomic E-state index is 0.417. The minimum Gasteiger partial charge on any atom is -0.461 e. The number of nitrogens with one attached hydrogen (secondary N) is 1. The van der Waals surface area contributed by atoms with E-state index in [9.17, 15) is 0 Å². The quantitative estimate of drug-likeness (QED) is 0.658. The van der Waals surface area contributed by atoms with Gasteiger partial charge in [0.25, 0.3) is 0 Å². The Morgan fingerprint density at radius 2 is 1.80 bits per heavy atom. The molecule has 0 atom stereocenters. The van der Waals surface area contributed by atoms with Crippen LogP contribution in [0.3, 0.4) is 0 Å². The van der Waals surface area contributed by atoms with Crippen LogP contribution in [-0.2, 0) is 0 Å². The molecule has 20 heavy (non-hydrogen) atoms. The first-order chi connectivity index (χ1) is 9.92. The van der Waals surface area contributed by atoms with E-state index in [0.29, 0.717) is 6.04 Å². The molecule has 0 bridgehead atoms. The summed E-state index contributed by atoms with van der Waals surface area (Å²) in [5.74, 6) is 1.65. The Morgan fingerprint density at radius 1 is 1.00 bits per heavy atom. The summed E-state index contributed by atoms with van der Waals surface area (Å²) in [4.78, 5) is 4.89. The Balaban J connectivity index is 1.82. The molecule has 104 valence electrons. The van der Waals surface area contributed by atoms with Gasteiger partial charge < -0.3 is 9.73 Å². The third kappa shape index (κ3) is 3.29. The summed E-state index contributed by atoms with van der Waals surface area (Å²) in [6.07, 6.45) is 7.96. The molecule has 0 radical (unpaired) electrons. The molecular weight excluding hydrogens is 248 g/mol. The van der Waals surface area contributed by atoms with E-state index >= 15 is 0 Å². The number of anilines is 1. The number of rotatable bonds is 3. The van der Waals surface area contributed by atoms with Gasteiger partial charge in [-0.25, -0.2) is 0 Å². The van der Waals surface area contributed by atoms with Crippen molar-refractivity contribution < 1.29 is 4.42 Å². The van der Waals surface area contributed by atoms with Crippen molar-refractivity contribution in [3.63, 3.8) is 0 Å². The maximum Gasteiger partial charge on any atom is 0.169 e. The first-order valence-electron chi connectivity index (χ1n) is 7.35. The van der Waals surface area contributed by atoms with Crippen LogP contribution in [0.2, 0.25) is 0 Å². The minimum atomic E-state index is 0.417. The summed E-state index contributed by atoms with van der Waals surface area (Å²) in [6.45, 7) is 0. The highest BCUT2D eigenvalue weighted by atomic mass is 16.3. The van der Waals surface area contributed by atoms with Crippen LogP contribution in [0.4, 0.5) is 5.69 Å². The standard InChI is InChI=1S/C17H20N2O/c1-3-8-14(9-4-1)18-17(16-12-7-13-20-16)19-15-10-5-2-6-11-15/h1,3-4,7-9,12-13,15H,2,5-6,10-11H2,(H,18,19). The van der Waals surface area contributed by atoms with Gasteiger partial charge in [0.2, 0.25) is 0 Å². The average Bonchev–Trinajstić information content (AvgIpc) is 3.03. The molecule has 0 unspecified atom stereocenters. The SMILES string of the molecule is c1ccc(NC(=NC2CCCCC2)c2ccco2)cc1. The van der Waals surface area contributed by atoms with Crippen molar-refractivity contribution in [2.45, 2.75) is 38.1 Å². The largest absolute Gasteiger partial charge is 0.461 e. The van der Waals surface area contributed by atoms with Gasteiger partial charge in [-0.05, 0) is 37.1 Å². The molecule has 1 aliphatic rings. The Bertz CT molecular complexity index is 540. The van der Waals surface area contributed by atoms with Crippen LogP contribution in [0, 0.1) is 0 Å². The fourth-order valence-corrected chi connectivity index (χ4v) is 2.62. The van der Waals surface area contributed by atoms with Crippen LogP contribution in [0.25, 0.3) is 0 Å². The monoisotopic (exact) mass is 268 g/mol. The second-order valence-corrected chi connectivity index (χ2v) is 5.24. The number of benzene rings is 1. The van der Waals surface area contributed by atoms with Gasteiger partial charge in [0.15, 0.2) is 11.6 Å². The zero-order valence-corrected chi connectivity index (χ0v) is 11.6. The Labute approximate surface area is 119 Å². The molecule has 1 aliphatic carbocycles. The molecule has 1 aromatic heterocycles. The number of nitrogens with zero attached hydrogens (tertiary/aromatic N) is 1. The predicted octanol–water partition coefficient (Wildman–Crippen LogP) is 4.47. The van der Waals surface area contributed by atoms with Gasteiger partial charge in [-0.15, -0.1) is 0 Å². The lowest BCUT2D eigenvalue weighted by molar-refractivity contribution is 0.442. The molecular formula is C17H20N2O. The summed E-state index contributed by atoms with van der Waals surface area (Å²) in [5.41, 5.74) is 1.04. The second-order valence-electron chi connectivity index (χ2n) is 5.24. The van der Waals surface area contributed by atoms with Crippen LogP contribution in [0.5, 0.6) is 0 Å². The van der Waals surface area contributed by atoms with Gasteiger partial charge in [0.05, 0.1) is 12.3 Å². The van der Waals surface area contributed by atoms with Crippen molar-refractivity contribution in [2.24, 2.45) is 4.99 Å². The van der Waals surface area contributed by atoms with E-state index in [2.05, 4.69) is 5.32 Å². The number of aliphatic imine (C=N–C) groups is 1. The van der Waals surface area contributed by atoms with E-state index in [1.165, 1.54) is 32.1 Å². The normalized spacial score (nSPS) is 17.1. The maximum absolute atomic E-state index is 5.52. The summed E-state index contributed by atoms with van der Waals surface area (Å²) in [6, 6.07) is 14.4. The molecule has 3 nitrogen and oxygen atoms in total. The lowest BCUT2D eigenvalue weighted by Crippen LogP contribution is -2.19. The van der Waals surface area contributed by atoms with Crippen LogP contribution in [0.15, 0.2) is 58.1 Å². The summed E-state index contributed by atoms with van der Waals surface area (Å²) in [5, 5.41) is 3.38. The molecule has 1 saturated carbocycles. The highest BCUT2D eigenvalue weighted by Crippen LogP contribution is 2.21. The van der Waals surface area contributed by atoms with E-state index in [-0.39, 0.29) is 0 Å². The van der Waals surface area contributed by atoms with Gasteiger partial charge in [-0.1, -0.05) is 37.5 Å². The summed E-state index contributed by atoms with van der Waals surface area (Å²) >= 11 is 0. The molecule has 0 spiro atoms. The van der Waals surface area contributed by atoms with Gasteiger partial charge in [-0.3, -0.25) is 4.99 Å². The smallest absolute Gasteiger partial charge is 0.169 e. The van der Waals surface area contributed by atoms with Crippen LogP contribution in [0.1, 0.15) is 37.9 Å². The van der Waals surface area contributed by atoms with Crippen LogP contribution < -0.4 is 5.32 Å². The number of hydrogen-bond donors (Lipinski definition) is 1. The topological polar surface area (TPSA) is 37.5 Å². The lowest BCUT2D eigenvalue weighted by atomic mass is 9.96. The Morgan fingerprint density at radius 3 is 2.50 bits per heavy atom.